The van der Waals surface area contributed by atoms with Gasteiger partial charge in [0, 0.05) is 55.1 Å². The van der Waals surface area contributed by atoms with Crippen molar-refractivity contribution in [3.05, 3.63) is 119 Å². The Morgan fingerprint density at radius 2 is 0.990 bits per heavy atom. The van der Waals surface area contributed by atoms with Crippen molar-refractivity contribution in [2.75, 3.05) is 38.6 Å². The first-order chi connectivity index (χ1) is 49.7. The summed E-state index contributed by atoms with van der Waals surface area (Å²) >= 11 is 0. The maximum Gasteiger partial charge on any atom is 0.313 e. The first-order valence-corrected chi connectivity index (χ1v) is 34.7. The number of nitrogens with two attached hydrogens (primary N) is 4. The number of nitrogens with one attached hydrogen (secondary N) is 13. The lowest BCUT2D eigenvalue weighted by molar-refractivity contribution is -0.138. The van der Waals surface area contributed by atoms with Crippen LogP contribution in [0.5, 0.6) is 17.2 Å². The molecule has 6 rings (SSSR count). The number of hydrogen-bond donors (Lipinski definition) is 20. The number of aromatic nitrogens is 1. The number of methoxy groups -OCH3 is 1. The van der Waals surface area contributed by atoms with E-state index in [-0.39, 0.29) is 131 Å². The standard InChI is InChI=1S/C71H99N17O16/c1-39(2)33-54-66(98)84-57(36-43-38-78-51-16-6-5-13-47(43)51)68(100)83-56(35-42-21-26-46(91)27-22-42)67(99)80-52(17-7-9-29-72)63(95)76-31-12-15-50(75)62(94)88-87-60(92)48-37-44(23-28-58(48)104-4)79-70(102)71(103)81-53(18-8-10-30-73)65(97)82-55(34-41-19-24-45(90)25-20-41)64(96)77-32-11-14-49(74)61(93)86-59(40(3)89)69(101)85-54/h5-6,13,16,19-28,37-40,49-50,52-57,59,78,89-91H,7-12,14-15,17-18,29-36,72-75H2,1-4H3,(H,76,95)(H,77,96)(H,79,102)(H,80,99)(H,81,103)(H,82,97)(H,83,100)(H,84,98)(H,85,101)(H,86,93)(H,87,92)(H,88,94)/t40-,49+,50+,52+,53+,54+,55+,56+,57+,59+/m1/s1. The van der Waals surface area contributed by atoms with Crippen molar-refractivity contribution in [3.63, 3.8) is 0 Å². The summed E-state index contributed by atoms with van der Waals surface area (Å²) in [4.78, 5) is 172. The zero-order valence-electron chi connectivity index (χ0n) is 58.8. The smallest absolute Gasteiger partial charge is 0.313 e. The Labute approximate surface area is 601 Å². The van der Waals surface area contributed by atoms with Crippen molar-refractivity contribution in [2.24, 2.45) is 28.9 Å². The molecule has 1 aliphatic heterocycles. The summed E-state index contributed by atoms with van der Waals surface area (Å²) in [6, 6.07) is 9.97. The van der Waals surface area contributed by atoms with Crippen LogP contribution >= 0.6 is 0 Å². The largest absolute Gasteiger partial charge is 0.508 e. The number of unbranched alkanes of at least 4 members (excludes halogenated alkanes) is 2. The van der Waals surface area contributed by atoms with Crippen LogP contribution < -0.4 is 91.7 Å². The maximum absolute atomic E-state index is 15.0. The number of phenols is 2. The van der Waals surface area contributed by atoms with Crippen LogP contribution in [0.15, 0.2) is 97.2 Å². The third kappa shape index (κ3) is 26.0. The lowest BCUT2D eigenvalue weighted by atomic mass is 9.99. The Morgan fingerprint density at radius 3 is 1.54 bits per heavy atom. The molecule has 2 heterocycles. The fraction of sp³-hybridized carbons (Fsp3) is 0.465. The highest BCUT2D eigenvalue weighted by Gasteiger charge is 2.36. The summed E-state index contributed by atoms with van der Waals surface area (Å²) in [5.74, 6) is -11.5. The van der Waals surface area contributed by atoms with Crippen LogP contribution in [0.25, 0.3) is 10.9 Å². The van der Waals surface area contributed by atoms with Crippen LogP contribution in [-0.2, 0) is 72.0 Å². The molecule has 2 bridgehead atoms. The number of anilines is 1. The van der Waals surface area contributed by atoms with Gasteiger partial charge in [0.2, 0.25) is 47.3 Å². The molecular formula is C71H99N17O16. The molecule has 0 aliphatic carbocycles. The third-order valence-corrected chi connectivity index (χ3v) is 17.2. The molecular weight excluding hydrogens is 1350 g/mol. The number of para-hydroxylation sites is 1. The van der Waals surface area contributed by atoms with Gasteiger partial charge in [-0.15, -0.1) is 0 Å². The van der Waals surface area contributed by atoms with Crippen LogP contribution in [0.4, 0.5) is 5.69 Å². The molecule has 0 unspecified atom stereocenters. The number of hydrazine groups is 1. The minimum atomic E-state index is -1.69. The molecule has 5 aromatic rings. The molecule has 564 valence electrons. The lowest BCUT2D eigenvalue weighted by Gasteiger charge is -2.28. The number of carbonyl (C=O) groups is 12. The van der Waals surface area contributed by atoms with Gasteiger partial charge in [0.05, 0.1) is 30.9 Å². The summed E-state index contributed by atoms with van der Waals surface area (Å²) in [6.07, 6.45) is 1.13. The number of rotatable bonds is 18. The molecule has 0 saturated heterocycles. The number of aromatic amines is 1. The molecule has 1 aromatic heterocycles. The molecule has 10 atom stereocenters. The van der Waals surface area contributed by atoms with Crippen molar-refractivity contribution in [1.82, 2.24) is 63.7 Å². The normalized spacial score (nSPS) is 22.5. The van der Waals surface area contributed by atoms with Gasteiger partial charge in [-0.2, -0.15) is 0 Å². The van der Waals surface area contributed by atoms with Crippen LogP contribution in [-0.4, -0.2) is 185 Å². The van der Waals surface area contributed by atoms with Crippen LogP contribution in [0.3, 0.4) is 0 Å². The highest BCUT2D eigenvalue weighted by Crippen LogP contribution is 2.24. The zero-order valence-corrected chi connectivity index (χ0v) is 58.8. The van der Waals surface area contributed by atoms with Gasteiger partial charge < -0.3 is 101 Å². The zero-order chi connectivity index (χ0) is 76.0. The molecule has 33 heteroatoms. The predicted octanol–water partition coefficient (Wildman–Crippen LogP) is -1.45. The van der Waals surface area contributed by atoms with Crippen molar-refractivity contribution in [2.45, 2.75) is 171 Å². The summed E-state index contributed by atoms with van der Waals surface area (Å²) < 4.78 is 5.36. The van der Waals surface area contributed by atoms with Crippen molar-refractivity contribution in [1.29, 1.82) is 0 Å². The number of carbonyl (C=O) groups excluding carboxylic acids is 12. The number of H-pyrrole nitrogens is 1. The fourth-order valence-electron chi connectivity index (χ4n) is 11.4. The number of ether oxygens (including phenoxy) is 1. The van der Waals surface area contributed by atoms with Gasteiger partial charge in [0.25, 0.3) is 11.8 Å². The second-order valence-electron chi connectivity index (χ2n) is 26.0. The minimum Gasteiger partial charge on any atom is -0.508 e. The van der Waals surface area contributed by atoms with E-state index in [0.29, 0.717) is 46.9 Å². The number of benzene rings is 4. The van der Waals surface area contributed by atoms with E-state index in [0.717, 1.165) is 6.07 Å². The highest BCUT2D eigenvalue weighted by molar-refractivity contribution is 6.40. The number of aromatic hydroxyl groups is 2. The number of amides is 12. The van der Waals surface area contributed by atoms with E-state index in [1.54, 1.807) is 38.2 Å². The molecule has 1 aliphatic rings. The summed E-state index contributed by atoms with van der Waals surface area (Å²) in [6.45, 7) is 5.06. The Kier molecular flexibility index (Phi) is 32.7. The van der Waals surface area contributed by atoms with E-state index in [2.05, 4.69) is 69.0 Å². The quantitative estimate of drug-likeness (QED) is 0.0353. The van der Waals surface area contributed by atoms with E-state index in [1.807, 2.05) is 6.07 Å². The first-order valence-electron chi connectivity index (χ1n) is 34.7. The fourth-order valence-corrected chi connectivity index (χ4v) is 11.4. The molecule has 33 nitrogen and oxygen atoms in total. The number of fused-ring (bicyclic) bond motifs is 3. The van der Waals surface area contributed by atoms with Gasteiger partial charge in [-0.25, -0.2) is 0 Å². The molecule has 0 spiro atoms. The van der Waals surface area contributed by atoms with Crippen molar-refractivity contribution < 1.29 is 77.6 Å². The topological polar surface area (TPSA) is 539 Å². The number of phenolic OH excluding ortho intramolecular Hbond substituents is 2. The lowest BCUT2D eigenvalue weighted by Crippen LogP contribution is -2.61. The van der Waals surface area contributed by atoms with E-state index in [4.69, 9.17) is 27.7 Å². The average Bonchev–Trinajstić information content (AvgIpc) is 1.62. The van der Waals surface area contributed by atoms with Gasteiger partial charge in [-0.3, -0.25) is 68.4 Å². The van der Waals surface area contributed by atoms with Gasteiger partial charge in [-0.05, 0) is 162 Å². The predicted molar refractivity (Wildman–Crippen MR) is 384 cm³/mol. The SMILES string of the molecule is COc1ccc2cc1C(=O)NNC(=O)[C@@H](N)CCCNC(=O)[C@H](CCCCN)NC(=O)[C@H](Cc1ccc(O)cc1)NC(=O)[C@H](Cc1c[nH]c3ccccc13)NC(=O)[C@H](CC(C)C)NC(=O)[C@H]([C@@H](C)O)NC(=O)[C@@H](N)CCCNC(=O)[C@H](Cc1ccc(O)cc1)NC(=O)[C@H](CCCCN)NC(=O)C(=O)N2. The monoisotopic (exact) mass is 1450 g/mol. The molecule has 0 fully saturated rings. The van der Waals surface area contributed by atoms with Crippen molar-refractivity contribution in [3.8, 4) is 17.2 Å². The minimum absolute atomic E-state index is 0.0242. The summed E-state index contributed by atoms with van der Waals surface area (Å²) in [5.41, 5.74) is 30.6. The summed E-state index contributed by atoms with van der Waals surface area (Å²) in [7, 11) is 1.25. The Bertz CT molecular complexity index is 3760. The Hall–Kier alpha value is -10.7. The number of aliphatic hydroxyl groups excluding tert-OH is 1. The second-order valence-corrected chi connectivity index (χ2v) is 26.0. The van der Waals surface area contributed by atoms with Gasteiger partial charge in [0.1, 0.15) is 59.5 Å². The highest BCUT2D eigenvalue weighted by atomic mass is 16.5. The van der Waals surface area contributed by atoms with Crippen LogP contribution in [0.2, 0.25) is 0 Å². The number of aliphatic hydroxyl groups is 1. The molecule has 12 amide bonds. The Balaban J connectivity index is 1.31. The van der Waals surface area contributed by atoms with E-state index in [9.17, 15) is 68.1 Å². The Morgan fingerprint density at radius 1 is 0.500 bits per heavy atom. The molecule has 104 heavy (non-hydrogen) atoms. The van der Waals surface area contributed by atoms with Crippen LogP contribution in [0, 0.1) is 5.92 Å². The van der Waals surface area contributed by atoms with E-state index in [1.165, 1.54) is 74.7 Å². The third-order valence-electron chi connectivity index (χ3n) is 17.2. The van der Waals surface area contributed by atoms with E-state index >= 15 is 4.79 Å². The molecule has 0 radical (unpaired) electrons. The number of hydrogen-bond acceptors (Lipinski definition) is 20. The first kappa shape index (κ1) is 82.2. The van der Waals surface area contributed by atoms with Crippen LogP contribution in [0.1, 0.15) is 118 Å². The van der Waals surface area contributed by atoms with E-state index < -0.39 is 131 Å². The molecule has 4 aromatic carbocycles. The maximum atomic E-state index is 15.0. The van der Waals surface area contributed by atoms with Gasteiger partial charge in [-0.1, -0.05) is 56.3 Å². The average molecular weight is 1450 g/mol. The van der Waals surface area contributed by atoms with Crippen molar-refractivity contribution >= 4 is 87.5 Å². The summed E-state index contributed by atoms with van der Waals surface area (Å²) in [5, 5.41) is 58.3. The van der Waals surface area contributed by atoms with Gasteiger partial charge in [0.15, 0.2) is 0 Å². The molecule has 0 saturated carbocycles. The second kappa shape index (κ2) is 41.4. The molecule has 24 N–H and O–H groups in total. The van der Waals surface area contributed by atoms with Gasteiger partial charge >= 0.3 is 11.8 Å².